The first-order valence-electron chi connectivity index (χ1n) is 9.94. The van der Waals surface area contributed by atoms with Crippen molar-refractivity contribution in [1.82, 2.24) is 10.5 Å². The first kappa shape index (κ1) is 21.9. The van der Waals surface area contributed by atoms with Crippen LogP contribution < -0.4 is 11.1 Å². The Balaban J connectivity index is 2.13. The summed E-state index contributed by atoms with van der Waals surface area (Å²) in [5.41, 5.74) is 8.00. The van der Waals surface area contributed by atoms with Crippen molar-refractivity contribution in [3.63, 3.8) is 0 Å². The summed E-state index contributed by atoms with van der Waals surface area (Å²) in [5.74, 6) is -0.914. The monoisotopic (exact) mass is 423 g/mol. The molecule has 162 valence electrons. The van der Waals surface area contributed by atoms with Gasteiger partial charge in [0.15, 0.2) is 11.5 Å². The maximum atomic E-state index is 12.6. The van der Waals surface area contributed by atoms with Gasteiger partial charge in [-0.25, -0.2) is 0 Å². The summed E-state index contributed by atoms with van der Waals surface area (Å²) in [6.45, 7) is 6.03. The molecule has 1 heterocycles. The van der Waals surface area contributed by atoms with E-state index >= 15 is 0 Å². The Morgan fingerprint density at radius 3 is 2.39 bits per heavy atom. The summed E-state index contributed by atoms with van der Waals surface area (Å²) < 4.78 is 5.51. The number of carbonyl (C=O) groups excluding carboxylic acids is 2. The summed E-state index contributed by atoms with van der Waals surface area (Å²) >= 11 is 0. The molecule has 8 heteroatoms. The molecular formula is C23H25N3O5. The van der Waals surface area contributed by atoms with Crippen LogP contribution in [0.2, 0.25) is 0 Å². The van der Waals surface area contributed by atoms with Crippen LogP contribution in [0.15, 0.2) is 40.9 Å². The minimum absolute atomic E-state index is 0.00470. The van der Waals surface area contributed by atoms with E-state index in [1.807, 2.05) is 13.8 Å². The van der Waals surface area contributed by atoms with Gasteiger partial charge in [0.1, 0.15) is 11.5 Å². The van der Waals surface area contributed by atoms with Gasteiger partial charge in [-0.15, -0.1) is 0 Å². The number of primary amides is 1. The molecule has 1 aromatic heterocycles. The molecule has 0 saturated heterocycles. The van der Waals surface area contributed by atoms with Crippen LogP contribution >= 0.6 is 0 Å². The maximum Gasteiger partial charge on any atom is 0.273 e. The van der Waals surface area contributed by atoms with Crippen LogP contribution in [0.4, 0.5) is 0 Å². The van der Waals surface area contributed by atoms with E-state index < -0.39 is 11.8 Å². The van der Waals surface area contributed by atoms with Gasteiger partial charge in [0.05, 0.1) is 5.56 Å². The van der Waals surface area contributed by atoms with Gasteiger partial charge in [0, 0.05) is 30.2 Å². The van der Waals surface area contributed by atoms with Crippen LogP contribution in [0.1, 0.15) is 64.2 Å². The lowest BCUT2D eigenvalue weighted by Crippen LogP contribution is -2.24. The number of nitrogens with zero attached hydrogens (tertiary/aromatic N) is 1. The molecule has 0 fully saturated rings. The second-order valence-electron chi connectivity index (χ2n) is 7.52. The molecule has 0 bridgehead atoms. The van der Waals surface area contributed by atoms with Crippen LogP contribution in [-0.2, 0) is 6.42 Å². The molecule has 5 N–H and O–H groups in total. The van der Waals surface area contributed by atoms with E-state index in [2.05, 4.69) is 10.5 Å². The number of hydrogen-bond donors (Lipinski definition) is 4. The number of hydrogen-bond acceptors (Lipinski definition) is 6. The van der Waals surface area contributed by atoms with Crippen molar-refractivity contribution < 1.29 is 24.3 Å². The number of rotatable bonds is 7. The second kappa shape index (κ2) is 8.91. The number of benzene rings is 2. The normalized spacial score (nSPS) is 11.0. The third-order valence-corrected chi connectivity index (χ3v) is 4.97. The van der Waals surface area contributed by atoms with E-state index in [9.17, 15) is 19.8 Å². The first-order chi connectivity index (χ1) is 14.7. The summed E-state index contributed by atoms with van der Waals surface area (Å²) in [6, 6.07) is 9.56. The Kier molecular flexibility index (Phi) is 6.29. The lowest BCUT2D eigenvalue weighted by molar-refractivity contribution is 0.0945. The fourth-order valence-corrected chi connectivity index (χ4v) is 3.34. The molecular weight excluding hydrogens is 398 g/mol. The van der Waals surface area contributed by atoms with Gasteiger partial charge >= 0.3 is 0 Å². The Morgan fingerprint density at radius 2 is 1.81 bits per heavy atom. The molecule has 3 rings (SSSR count). The standard InChI is InChI=1S/C23H25N3O5/c1-4-25-23(30)20-17(9-13-5-7-14(8-6-13)22(24)29)21(31-26-20)16-10-15(12(2)3)18(27)11-19(16)28/h5-8,10-12,27-28H,4,9H2,1-3H3,(H2,24,29)(H,25,30). The molecule has 0 aliphatic heterocycles. The van der Waals surface area contributed by atoms with E-state index in [1.165, 1.54) is 6.07 Å². The number of aromatic nitrogens is 1. The van der Waals surface area contributed by atoms with E-state index in [0.29, 0.717) is 28.8 Å². The SMILES string of the molecule is CCNC(=O)c1noc(-c2cc(C(C)C)c(O)cc2O)c1Cc1ccc(C(N)=O)cc1. The van der Waals surface area contributed by atoms with E-state index in [-0.39, 0.29) is 35.3 Å². The van der Waals surface area contributed by atoms with Crippen LogP contribution in [0.25, 0.3) is 11.3 Å². The highest BCUT2D eigenvalue weighted by Gasteiger charge is 2.26. The zero-order valence-corrected chi connectivity index (χ0v) is 17.6. The van der Waals surface area contributed by atoms with Gasteiger partial charge in [0.25, 0.3) is 5.91 Å². The van der Waals surface area contributed by atoms with E-state index in [0.717, 1.165) is 5.56 Å². The van der Waals surface area contributed by atoms with Crippen molar-refractivity contribution in [2.24, 2.45) is 5.73 Å². The molecule has 31 heavy (non-hydrogen) atoms. The Bertz CT molecular complexity index is 1120. The zero-order valence-electron chi connectivity index (χ0n) is 17.6. The number of phenolic OH excluding ortho intramolecular Hbond substituents is 2. The molecule has 0 aliphatic rings. The highest BCUT2D eigenvalue weighted by Crippen LogP contribution is 2.40. The summed E-state index contributed by atoms with van der Waals surface area (Å²) in [4.78, 5) is 23.9. The molecule has 0 atom stereocenters. The first-order valence-corrected chi connectivity index (χ1v) is 9.94. The van der Waals surface area contributed by atoms with Gasteiger partial charge in [-0.1, -0.05) is 31.1 Å². The molecule has 0 radical (unpaired) electrons. The maximum absolute atomic E-state index is 12.6. The molecule has 8 nitrogen and oxygen atoms in total. The molecule has 0 saturated carbocycles. The molecule has 0 unspecified atom stereocenters. The highest BCUT2D eigenvalue weighted by atomic mass is 16.5. The minimum atomic E-state index is -0.532. The number of nitrogens with one attached hydrogen (secondary N) is 1. The van der Waals surface area contributed by atoms with Gasteiger partial charge in [-0.05, 0) is 42.2 Å². The summed E-state index contributed by atoms with van der Waals surface area (Å²) in [5, 5.41) is 27.3. The van der Waals surface area contributed by atoms with Crippen LogP contribution in [-0.4, -0.2) is 33.7 Å². The Morgan fingerprint density at radius 1 is 1.13 bits per heavy atom. The lowest BCUT2D eigenvalue weighted by atomic mass is 9.94. The smallest absolute Gasteiger partial charge is 0.273 e. The van der Waals surface area contributed by atoms with Gasteiger partial charge in [-0.3, -0.25) is 9.59 Å². The third-order valence-electron chi connectivity index (χ3n) is 4.97. The number of aromatic hydroxyl groups is 2. The number of amides is 2. The van der Waals surface area contributed by atoms with Gasteiger partial charge in [0.2, 0.25) is 5.91 Å². The highest BCUT2D eigenvalue weighted by molar-refractivity contribution is 5.95. The number of carbonyl (C=O) groups is 2. The van der Waals surface area contributed by atoms with Crippen molar-refractivity contribution in [3.8, 4) is 22.8 Å². The quantitative estimate of drug-likeness (QED) is 0.460. The average molecular weight is 423 g/mol. The molecule has 2 amide bonds. The fourth-order valence-electron chi connectivity index (χ4n) is 3.34. The second-order valence-corrected chi connectivity index (χ2v) is 7.52. The average Bonchev–Trinajstić information content (AvgIpc) is 3.11. The minimum Gasteiger partial charge on any atom is -0.508 e. The molecule has 3 aromatic rings. The molecule has 0 spiro atoms. The van der Waals surface area contributed by atoms with Crippen molar-refractivity contribution in [2.75, 3.05) is 6.54 Å². The van der Waals surface area contributed by atoms with Gasteiger partial charge in [-0.2, -0.15) is 0 Å². The van der Waals surface area contributed by atoms with Crippen molar-refractivity contribution in [1.29, 1.82) is 0 Å². The predicted molar refractivity (Wildman–Crippen MR) is 115 cm³/mol. The van der Waals surface area contributed by atoms with E-state index in [1.54, 1.807) is 37.3 Å². The lowest BCUT2D eigenvalue weighted by Gasteiger charge is -2.12. The molecule has 2 aromatic carbocycles. The van der Waals surface area contributed by atoms with Crippen molar-refractivity contribution in [3.05, 3.63) is 64.3 Å². The van der Waals surface area contributed by atoms with Crippen LogP contribution in [0.5, 0.6) is 11.5 Å². The Labute approximate surface area is 179 Å². The zero-order chi connectivity index (χ0) is 22.7. The largest absolute Gasteiger partial charge is 0.508 e. The topological polar surface area (TPSA) is 139 Å². The molecule has 0 aliphatic carbocycles. The third kappa shape index (κ3) is 4.53. The van der Waals surface area contributed by atoms with Crippen LogP contribution in [0, 0.1) is 0 Å². The van der Waals surface area contributed by atoms with Crippen molar-refractivity contribution in [2.45, 2.75) is 33.1 Å². The Hall–Kier alpha value is -3.81. The van der Waals surface area contributed by atoms with Crippen molar-refractivity contribution >= 4 is 11.8 Å². The van der Waals surface area contributed by atoms with E-state index in [4.69, 9.17) is 10.3 Å². The van der Waals surface area contributed by atoms with Gasteiger partial charge < -0.3 is 25.8 Å². The predicted octanol–water partition coefficient (Wildman–Crippen LogP) is 3.32. The van der Waals surface area contributed by atoms with Crippen LogP contribution in [0.3, 0.4) is 0 Å². The summed E-state index contributed by atoms with van der Waals surface area (Å²) in [6.07, 6.45) is 0.266. The summed E-state index contributed by atoms with van der Waals surface area (Å²) in [7, 11) is 0. The number of nitrogens with two attached hydrogens (primary N) is 1. The fraction of sp³-hybridized carbons (Fsp3) is 0.261. The number of phenols is 2.